The quantitative estimate of drug-likeness (QED) is 0.187. The van der Waals surface area contributed by atoms with Crippen LogP contribution in [0.3, 0.4) is 0 Å². The molecule has 1 aliphatic heterocycles. The van der Waals surface area contributed by atoms with Crippen molar-refractivity contribution >= 4 is 79.9 Å². The van der Waals surface area contributed by atoms with E-state index in [-0.39, 0.29) is 46.1 Å². The number of hydrogen-bond acceptors (Lipinski definition) is 12. The first-order valence-corrected chi connectivity index (χ1v) is 17.5. The van der Waals surface area contributed by atoms with Gasteiger partial charge in [0.15, 0.2) is 5.76 Å². The SMILES string of the molecule is CC(C)=C1OC(=O)N(c2cc(OC3CCCC3)c(Cl)cc2F)C1=O.COc1nc(C)nc(NC(=O)NS(=O)(=O)c2cc(I)ccc2C(=O)O)n1. The molecule has 0 unspecified atom stereocenters. The van der Waals surface area contributed by atoms with Crippen molar-refractivity contribution in [2.45, 2.75) is 57.5 Å². The smallest absolute Gasteiger partial charge is 0.427 e. The van der Waals surface area contributed by atoms with Crippen molar-refractivity contribution in [2.24, 2.45) is 0 Å². The molecule has 1 saturated heterocycles. The molecule has 266 valence electrons. The molecule has 2 heterocycles. The third-order valence-corrected chi connectivity index (χ3v) is 9.22. The average Bonchev–Trinajstić information content (AvgIpc) is 3.65. The maximum atomic E-state index is 14.3. The Morgan fingerprint density at radius 1 is 1.12 bits per heavy atom. The van der Waals surface area contributed by atoms with Gasteiger partial charge in [-0.15, -0.1) is 0 Å². The van der Waals surface area contributed by atoms with Crippen LogP contribution in [-0.4, -0.2) is 65.7 Å². The number of aromatic carboxylic acids is 1. The maximum Gasteiger partial charge on any atom is 0.427 e. The van der Waals surface area contributed by atoms with Gasteiger partial charge in [-0.05, 0) is 98.9 Å². The number of benzene rings is 2. The second-order valence-corrected chi connectivity index (χ2v) is 14.1. The van der Waals surface area contributed by atoms with Crippen LogP contribution in [0.15, 0.2) is 46.6 Å². The Morgan fingerprint density at radius 2 is 1.80 bits per heavy atom. The van der Waals surface area contributed by atoms with Crippen LogP contribution in [0.5, 0.6) is 11.8 Å². The minimum atomic E-state index is -4.45. The first-order chi connectivity index (χ1) is 23.5. The highest BCUT2D eigenvalue weighted by molar-refractivity contribution is 14.1. The van der Waals surface area contributed by atoms with Gasteiger partial charge in [-0.3, -0.25) is 10.1 Å². The Labute approximate surface area is 303 Å². The van der Waals surface area contributed by atoms with E-state index in [1.165, 1.54) is 26.2 Å². The zero-order valence-electron chi connectivity index (χ0n) is 26.7. The number of carboxylic acid groups (broad SMARTS) is 1. The largest absolute Gasteiger partial charge is 0.489 e. The lowest BCUT2D eigenvalue weighted by Gasteiger charge is -2.18. The number of cyclic esters (lactones) is 1. The minimum Gasteiger partial charge on any atom is -0.489 e. The van der Waals surface area contributed by atoms with Crippen molar-refractivity contribution in [1.82, 2.24) is 19.7 Å². The lowest BCUT2D eigenvalue weighted by atomic mass is 10.2. The highest BCUT2D eigenvalue weighted by atomic mass is 127. The molecule has 20 heteroatoms. The first kappa shape index (κ1) is 38.2. The highest BCUT2D eigenvalue weighted by Gasteiger charge is 2.40. The third-order valence-electron chi connectivity index (χ3n) is 6.89. The number of sulfonamides is 1. The number of anilines is 2. The molecule has 3 aromatic rings. The number of methoxy groups -OCH3 is 1. The summed E-state index contributed by atoms with van der Waals surface area (Å²) in [6.45, 7) is 4.79. The van der Waals surface area contributed by atoms with Gasteiger partial charge in [0, 0.05) is 9.64 Å². The molecule has 0 radical (unpaired) electrons. The summed E-state index contributed by atoms with van der Waals surface area (Å²) in [5.74, 6) is -2.77. The first-order valence-electron chi connectivity index (χ1n) is 14.5. The number of halogens is 3. The monoisotopic (exact) mass is 846 g/mol. The Hall–Kier alpha value is -4.63. The molecule has 4 amide bonds. The standard InChI is InChI=1S/C17H17ClFNO4.C13H12IN5O6S/c1-9(2)15-16(21)20(17(22)24-15)13-8-14(11(18)7-12(13)19)23-10-5-3-4-6-10;1-6-15-11(18-13(16-6)25-2)17-12(22)19-26(23,24)9-5-7(14)3-4-8(9)10(20)21/h7-8,10H,3-6H2,1-2H3;3-5H,1-2H3,(H,20,21)(H2,15,16,17,18,19,22). The number of carboxylic acids is 1. The van der Waals surface area contributed by atoms with Crippen LogP contribution < -0.4 is 24.4 Å². The number of amides is 4. The van der Waals surface area contributed by atoms with Crippen LogP contribution in [0.2, 0.25) is 5.02 Å². The number of aromatic nitrogens is 3. The van der Waals surface area contributed by atoms with Gasteiger partial charge in [-0.25, -0.2) is 36.8 Å². The number of nitrogens with one attached hydrogen (secondary N) is 2. The van der Waals surface area contributed by atoms with E-state index < -0.39 is 50.3 Å². The molecule has 2 aromatic carbocycles. The zero-order valence-corrected chi connectivity index (χ0v) is 30.5. The van der Waals surface area contributed by atoms with Crippen molar-refractivity contribution in [3.63, 3.8) is 0 Å². The van der Waals surface area contributed by atoms with E-state index in [2.05, 4.69) is 20.3 Å². The van der Waals surface area contributed by atoms with Gasteiger partial charge >= 0.3 is 30.0 Å². The lowest BCUT2D eigenvalue weighted by molar-refractivity contribution is -0.114. The van der Waals surface area contributed by atoms with E-state index in [9.17, 15) is 32.0 Å². The number of aryl methyl sites for hydroxylation is 1. The molecule has 0 atom stereocenters. The number of ether oxygens (including phenoxy) is 3. The fourth-order valence-electron chi connectivity index (χ4n) is 4.65. The number of rotatable bonds is 8. The Bertz CT molecular complexity index is 2010. The number of allylic oxidation sites excluding steroid dienone is 1. The van der Waals surface area contributed by atoms with Crippen LogP contribution >= 0.6 is 34.2 Å². The lowest BCUT2D eigenvalue weighted by Crippen LogP contribution is -2.35. The number of urea groups is 1. The molecule has 3 N–H and O–H groups in total. The van der Waals surface area contributed by atoms with Gasteiger partial charge in [-0.2, -0.15) is 15.0 Å². The Balaban J connectivity index is 0.000000225. The van der Waals surface area contributed by atoms with E-state index in [1.54, 1.807) is 18.6 Å². The maximum absolute atomic E-state index is 14.3. The van der Waals surface area contributed by atoms with Crippen LogP contribution in [0.4, 0.5) is 25.6 Å². The van der Waals surface area contributed by atoms with Crippen molar-refractivity contribution in [2.75, 3.05) is 17.3 Å². The van der Waals surface area contributed by atoms with E-state index in [0.29, 0.717) is 14.0 Å². The summed E-state index contributed by atoms with van der Waals surface area (Å²) in [5.41, 5.74) is -0.158. The summed E-state index contributed by atoms with van der Waals surface area (Å²) in [5, 5.41) is 11.4. The molecule has 0 spiro atoms. The molecular weight excluding hydrogens is 818 g/mol. The normalized spacial score (nSPS) is 14.5. The minimum absolute atomic E-state index is 0.00962. The number of imide groups is 1. The summed E-state index contributed by atoms with van der Waals surface area (Å²) < 4.78 is 56.8. The number of nitrogens with zero attached hydrogens (tertiary/aromatic N) is 4. The summed E-state index contributed by atoms with van der Waals surface area (Å²) in [4.78, 5) is 59.1. The predicted octanol–water partition coefficient (Wildman–Crippen LogP) is 5.58. The summed E-state index contributed by atoms with van der Waals surface area (Å²) in [7, 11) is -3.14. The third kappa shape index (κ3) is 9.13. The molecular formula is C30H29ClFIN6O10S. The van der Waals surface area contributed by atoms with Crippen molar-refractivity contribution < 1.29 is 51.3 Å². The van der Waals surface area contributed by atoms with Crippen LogP contribution in [0.25, 0.3) is 0 Å². The van der Waals surface area contributed by atoms with Crippen molar-refractivity contribution in [1.29, 1.82) is 0 Å². The summed E-state index contributed by atoms with van der Waals surface area (Å²) in [6.07, 6.45) is 3.00. The van der Waals surface area contributed by atoms with Gasteiger partial charge in [0.2, 0.25) is 5.95 Å². The Morgan fingerprint density at radius 3 is 2.40 bits per heavy atom. The second kappa shape index (κ2) is 15.9. The van der Waals surface area contributed by atoms with Crippen LogP contribution in [0, 0.1) is 16.3 Å². The molecule has 0 bridgehead atoms. The number of carbonyl (C=O) groups excluding carboxylic acids is 3. The predicted molar refractivity (Wildman–Crippen MR) is 183 cm³/mol. The summed E-state index contributed by atoms with van der Waals surface area (Å²) in [6, 6.07) is 4.79. The van der Waals surface area contributed by atoms with Crippen molar-refractivity contribution in [3.8, 4) is 11.8 Å². The number of hydrogen-bond donors (Lipinski definition) is 3. The zero-order chi connectivity index (χ0) is 36.9. The van der Waals surface area contributed by atoms with Crippen LogP contribution in [-0.2, 0) is 19.6 Å². The molecule has 1 aromatic heterocycles. The van der Waals surface area contributed by atoms with Gasteiger partial charge < -0.3 is 19.3 Å². The van der Waals surface area contributed by atoms with E-state index in [1.807, 2.05) is 22.6 Å². The van der Waals surface area contributed by atoms with E-state index in [4.69, 9.17) is 30.9 Å². The second-order valence-electron chi connectivity index (χ2n) is 10.8. The molecule has 1 saturated carbocycles. The average molecular weight is 847 g/mol. The van der Waals surface area contributed by atoms with E-state index >= 15 is 0 Å². The summed E-state index contributed by atoms with van der Waals surface area (Å²) >= 11 is 7.87. The van der Waals surface area contributed by atoms with E-state index in [0.717, 1.165) is 43.9 Å². The molecule has 2 aliphatic rings. The fraction of sp³-hybridized carbons (Fsp3) is 0.300. The fourth-order valence-corrected chi connectivity index (χ4v) is 6.68. The van der Waals surface area contributed by atoms with Crippen molar-refractivity contribution in [3.05, 3.63) is 67.5 Å². The molecule has 16 nitrogen and oxygen atoms in total. The Kier molecular flexibility index (Phi) is 12.2. The molecule has 1 aliphatic carbocycles. The molecule has 50 heavy (non-hydrogen) atoms. The highest BCUT2D eigenvalue weighted by Crippen LogP contribution is 2.37. The van der Waals surface area contributed by atoms with Gasteiger partial charge in [0.05, 0.1) is 29.5 Å². The number of carbonyl (C=O) groups is 4. The van der Waals surface area contributed by atoms with Gasteiger partial charge in [0.25, 0.3) is 10.0 Å². The van der Waals surface area contributed by atoms with Gasteiger partial charge in [0.1, 0.15) is 22.3 Å². The topological polar surface area (TPSA) is 216 Å². The molecule has 2 fully saturated rings. The molecule has 5 rings (SSSR count). The van der Waals surface area contributed by atoms with Crippen LogP contribution in [0.1, 0.15) is 55.7 Å². The van der Waals surface area contributed by atoms with Gasteiger partial charge in [-0.1, -0.05) is 11.6 Å².